The second-order valence-corrected chi connectivity index (χ2v) is 3.76. The van der Waals surface area contributed by atoms with Gasteiger partial charge in [0.1, 0.15) is 11.6 Å². The van der Waals surface area contributed by atoms with Gasteiger partial charge in [0.25, 0.3) is 0 Å². The van der Waals surface area contributed by atoms with E-state index >= 15 is 0 Å². The lowest BCUT2D eigenvalue weighted by molar-refractivity contribution is 0.626. The summed E-state index contributed by atoms with van der Waals surface area (Å²) in [7, 11) is 0. The zero-order valence-electron chi connectivity index (χ0n) is 9.02. The first kappa shape index (κ1) is 10.6. The first-order valence-corrected chi connectivity index (χ1v) is 5.14. The molecule has 0 aliphatic rings. The summed E-state index contributed by atoms with van der Waals surface area (Å²) in [4.78, 5) is 4.26. The first-order valence-electron chi connectivity index (χ1n) is 5.14. The highest BCUT2D eigenvalue weighted by atomic mass is 19.1. The van der Waals surface area contributed by atoms with Gasteiger partial charge in [-0.1, -0.05) is 25.1 Å². The number of anilines is 1. The zero-order valence-corrected chi connectivity index (χ0v) is 9.02. The van der Waals surface area contributed by atoms with Gasteiger partial charge in [0.05, 0.1) is 0 Å². The third kappa shape index (κ3) is 2.19. The number of halogens is 1. The van der Waals surface area contributed by atoms with Crippen molar-refractivity contribution in [1.82, 2.24) is 4.98 Å². The van der Waals surface area contributed by atoms with Gasteiger partial charge in [-0.25, -0.2) is 9.37 Å². The summed E-state index contributed by atoms with van der Waals surface area (Å²) in [5.74, 6) is 0.395. The topological polar surface area (TPSA) is 38.9 Å². The highest BCUT2D eigenvalue weighted by molar-refractivity contribution is 5.34. The number of rotatable bonds is 2. The van der Waals surface area contributed by atoms with Crippen LogP contribution >= 0.6 is 0 Å². The number of nitrogen functional groups attached to an aromatic ring is 1. The average Bonchev–Trinajstić information content (AvgIpc) is 2.29. The van der Waals surface area contributed by atoms with Crippen molar-refractivity contribution in [2.24, 2.45) is 0 Å². The number of pyridine rings is 1. The number of nitrogens with zero attached hydrogens (tertiary/aromatic N) is 1. The van der Waals surface area contributed by atoms with Crippen molar-refractivity contribution in [2.45, 2.75) is 12.8 Å². The van der Waals surface area contributed by atoms with E-state index in [1.54, 1.807) is 18.2 Å². The molecule has 0 bridgehead atoms. The smallest absolute Gasteiger partial charge is 0.123 e. The maximum absolute atomic E-state index is 12.8. The summed E-state index contributed by atoms with van der Waals surface area (Å²) in [5.41, 5.74) is 7.55. The van der Waals surface area contributed by atoms with Crippen LogP contribution in [0.15, 0.2) is 42.5 Å². The molecule has 2 nitrogen and oxygen atoms in total. The second-order valence-electron chi connectivity index (χ2n) is 3.76. The number of hydrogen-bond donors (Lipinski definition) is 1. The molecule has 1 heterocycles. The Morgan fingerprint density at radius 3 is 2.44 bits per heavy atom. The normalized spacial score (nSPS) is 12.4. The molecule has 2 N–H and O–H groups in total. The lowest BCUT2D eigenvalue weighted by atomic mass is 9.97. The molecular weight excluding hydrogens is 203 g/mol. The standard InChI is InChI=1S/C13H13FN2/c1-9(10-5-7-11(14)8-6-10)12-3-2-4-13(15)16-12/h2-9H,1H3,(H2,15,16). The molecule has 0 saturated heterocycles. The van der Waals surface area contributed by atoms with Gasteiger partial charge in [-0.15, -0.1) is 0 Å². The number of nitrogens with two attached hydrogens (primary N) is 1. The van der Waals surface area contributed by atoms with Gasteiger partial charge < -0.3 is 5.73 Å². The molecular formula is C13H13FN2. The zero-order chi connectivity index (χ0) is 11.5. The molecule has 2 rings (SSSR count). The minimum Gasteiger partial charge on any atom is -0.384 e. The molecule has 16 heavy (non-hydrogen) atoms. The highest BCUT2D eigenvalue weighted by Gasteiger charge is 2.09. The SMILES string of the molecule is CC(c1ccc(F)cc1)c1cccc(N)n1. The fraction of sp³-hybridized carbons (Fsp3) is 0.154. The van der Waals surface area contributed by atoms with Crippen LogP contribution in [0, 0.1) is 5.82 Å². The molecule has 3 heteroatoms. The number of hydrogen-bond acceptors (Lipinski definition) is 2. The van der Waals surface area contributed by atoms with Gasteiger partial charge in [0.2, 0.25) is 0 Å². The van der Waals surface area contributed by atoms with Crippen molar-refractivity contribution >= 4 is 5.82 Å². The molecule has 0 aliphatic heterocycles. The molecule has 0 amide bonds. The van der Waals surface area contributed by atoms with Gasteiger partial charge in [0.15, 0.2) is 0 Å². The summed E-state index contributed by atoms with van der Waals surface area (Å²) in [6.45, 7) is 2.02. The van der Waals surface area contributed by atoms with Gasteiger partial charge in [-0.2, -0.15) is 0 Å². The van der Waals surface area contributed by atoms with E-state index < -0.39 is 0 Å². The van der Waals surface area contributed by atoms with Gasteiger partial charge in [-0.05, 0) is 29.8 Å². The first-order chi connectivity index (χ1) is 7.66. The highest BCUT2D eigenvalue weighted by Crippen LogP contribution is 2.22. The van der Waals surface area contributed by atoms with Crippen molar-refractivity contribution in [3.8, 4) is 0 Å². The van der Waals surface area contributed by atoms with Crippen LogP contribution in [0.4, 0.5) is 10.2 Å². The Labute approximate surface area is 93.9 Å². The van der Waals surface area contributed by atoms with Crippen LogP contribution in [0.5, 0.6) is 0 Å². The Morgan fingerprint density at radius 2 is 1.81 bits per heavy atom. The van der Waals surface area contributed by atoms with E-state index in [1.165, 1.54) is 12.1 Å². The minimum atomic E-state index is -0.225. The van der Waals surface area contributed by atoms with E-state index in [0.717, 1.165) is 11.3 Å². The van der Waals surface area contributed by atoms with Gasteiger partial charge in [0, 0.05) is 11.6 Å². The van der Waals surface area contributed by atoms with Crippen LogP contribution in [-0.4, -0.2) is 4.98 Å². The molecule has 0 spiro atoms. The summed E-state index contributed by atoms with van der Waals surface area (Å²) in [5, 5.41) is 0. The van der Waals surface area contributed by atoms with Crippen LogP contribution < -0.4 is 5.73 Å². The molecule has 1 unspecified atom stereocenters. The van der Waals surface area contributed by atoms with Crippen LogP contribution in [-0.2, 0) is 0 Å². The Morgan fingerprint density at radius 1 is 1.12 bits per heavy atom. The third-order valence-electron chi connectivity index (χ3n) is 2.61. The van der Waals surface area contributed by atoms with E-state index in [-0.39, 0.29) is 11.7 Å². The lowest BCUT2D eigenvalue weighted by Crippen LogP contribution is -2.01. The Balaban J connectivity index is 2.31. The summed E-state index contributed by atoms with van der Waals surface area (Å²) in [6, 6.07) is 12.0. The predicted molar refractivity (Wildman–Crippen MR) is 62.6 cm³/mol. The fourth-order valence-corrected chi connectivity index (χ4v) is 1.63. The van der Waals surface area contributed by atoms with Crippen LogP contribution in [0.2, 0.25) is 0 Å². The molecule has 2 aromatic rings. The van der Waals surface area contributed by atoms with E-state index in [1.807, 2.05) is 19.1 Å². The molecule has 1 aromatic carbocycles. The fourth-order valence-electron chi connectivity index (χ4n) is 1.63. The second kappa shape index (κ2) is 4.31. The molecule has 0 fully saturated rings. The van der Waals surface area contributed by atoms with Crippen molar-refractivity contribution < 1.29 is 4.39 Å². The maximum atomic E-state index is 12.8. The van der Waals surface area contributed by atoms with Crippen LogP contribution in [0.25, 0.3) is 0 Å². The van der Waals surface area contributed by atoms with Crippen molar-refractivity contribution in [2.75, 3.05) is 5.73 Å². The third-order valence-corrected chi connectivity index (χ3v) is 2.61. The monoisotopic (exact) mass is 216 g/mol. The van der Waals surface area contributed by atoms with Crippen molar-refractivity contribution in [3.05, 3.63) is 59.5 Å². The van der Waals surface area contributed by atoms with E-state index in [4.69, 9.17) is 5.73 Å². The van der Waals surface area contributed by atoms with E-state index in [0.29, 0.717) is 5.82 Å². The molecule has 82 valence electrons. The molecule has 0 saturated carbocycles. The Bertz CT molecular complexity index is 480. The predicted octanol–water partition coefficient (Wildman–Crippen LogP) is 2.95. The van der Waals surface area contributed by atoms with Crippen LogP contribution in [0.1, 0.15) is 24.1 Å². The van der Waals surface area contributed by atoms with Crippen LogP contribution in [0.3, 0.4) is 0 Å². The van der Waals surface area contributed by atoms with E-state index in [9.17, 15) is 4.39 Å². The maximum Gasteiger partial charge on any atom is 0.123 e. The summed E-state index contributed by atoms with van der Waals surface area (Å²) < 4.78 is 12.8. The van der Waals surface area contributed by atoms with Crippen molar-refractivity contribution in [1.29, 1.82) is 0 Å². The molecule has 1 atom stereocenters. The largest absolute Gasteiger partial charge is 0.384 e. The van der Waals surface area contributed by atoms with Gasteiger partial charge in [-0.3, -0.25) is 0 Å². The summed E-state index contributed by atoms with van der Waals surface area (Å²) in [6.07, 6.45) is 0. The average molecular weight is 216 g/mol. The molecule has 0 aliphatic carbocycles. The Hall–Kier alpha value is -1.90. The van der Waals surface area contributed by atoms with Gasteiger partial charge >= 0.3 is 0 Å². The van der Waals surface area contributed by atoms with Crippen molar-refractivity contribution in [3.63, 3.8) is 0 Å². The molecule has 1 aromatic heterocycles. The number of benzene rings is 1. The van der Waals surface area contributed by atoms with E-state index in [2.05, 4.69) is 4.98 Å². The lowest BCUT2D eigenvalue weighted by Gasteiger charge is -2.11. The molecule has 0 radical (unpaired) electrons. The Kier molecular flexibility index (Phi) is 2.86. The minimum absolute atomic E-state index is 0.115. The summed E-state index contributed by atoms with van der Waals surface area (Å²) >= 11 is 0. The quantitative estimate of drug-likeness (QED) is 0.838. The number of aromatic nitrogens is 1.